The summed E-state index contributed by atoms with van der Waals surface area (Å²) in [5.74, 6) is 0.00138. The number of carbonyl (C=O) groups is 1. The van der Waals surface area contributed by atoms with E-state index >= 15 is 0 Å². The highest BCUT2D eigenvalue weighted by molar-refractivity contribution is 5.79. The second-order valence-electron chi connectivity index (χ2n) is 7.84. The molecule has 1 aliphatic carbocycles. The van der Waals surface area contributed by atoms with Gasteiger partial charge >= 0.3 is 0 Å². The third-order valence-corrected chi connectivity index (χ3v) is 5.52. The van der Waals surface area contributed by atoms with Gasteiger partial charge in [-0.3, -0.25) is 9.48 Å². The lowest BCUT2D eigenvalue weighted by Crippen LogP contribution is -2.38. The van der Waals surface area contributed by atoms with E-state index in [1.165, 1.54) is 37.7 Å². The number of rotatable bonds is 6. The molecule has 2 aliphatic rings. The summed E-state index contributed by atoms with van der Waals surface area (Å²) in [6.07, 6.45) is 13.1. The van der Waals surface area contributed by atoms with E-state index in [0.717, 1.165) is 31.5 Å². The summed E-state index contributed by atoms with van der Waals surface area (Å²) in [5.41, 5.74) is 2.53. The molecule has 1 amide bonds. The van der Waals surface area contributed by atoms with Gasteiger partial charge in [0.25, 0.3) is 0 Å². The van der Waals surface area contributed by atoms with Crippen LogP contribution in [-0.2, 0) is 9.53 Å². The summed E-state index contributed by atoms with van der Waals surface area (Å²) < 4.78 is 8.01. The molecule has 2 atom stereocenters. The van der Waals surface area contributed by atoms with Gasteiger partial charge in [-0.05, 0) is 64.9 Å². The maximum atomic E-state index is 12.9. The van der Waals surface area contributed by atoms with Crippen LogP contribution in [0.5, 0.6) is 0 Å². The van der Waals surface area contributed by atoms with Crippen molar-refractivity contribution in [3.63, 3.8) is 0 Å². The van der Waals surface area contributed by atoms with Crippen LogP contribution in [0, 0.1) is 5.92 Å². The minimum absolute atomic E-state index is 0.124. The zero-order valence-electron chi connectivity index (χ0n) is 16.2. The van der Waals surface area contributed by atoms with Crippen molar-refractivity contribution in [2.75, 3.05) is 13.2 Å². The predicted octanol–water partition coefficient (Wildman–Crippen LogP) is 4.33. The Morgan fingerprint density at radius 1 is 1.35 bits per heavy atom. The van der Waals surface area contributed by atoms with Crippen molar-refractivity contribution in [3.8, 4) is 0 Å². The average molecular weight is 360 g/mol. The van der Waals surface area contributed by atoms with Gasteiger partial charge in [0.1, 0.15) is 6.10 Å². The van der Waals surface area contributed by atoms with Crippen LogP contribution in [0.2, 0.25) is 0 Å². The highest BCUT2D eigenvalue weighted by Gasteiger charge is 2.35. The average Bonchev–Trinajstić information content (AvgIpc) is 3.00. The summed E-state index contributed by atoms with van der Waals surface area (Å²) in [4.78, 5) is 12.9. The molecular formula is C21H33N3O2. The van der Waals surface area contributed by atoms with Crippen molar-refractivity contribution in [1.82, 2.24) is 15.1 Å². The van der Waals surface area contributed by atoms with E-state index in [4.69, 9.17) is 4.74 Å². The number of hydrogen-bond acceptors (Lipinski definition) is 3. The first kappa shape index (κ1) is 19.2. The van der Waals surface area contributed by atoms with E-state index in [0.29, 0.717) is 6.61 Å². The molecule has 5 nitrogen and oxygen atoms in total. The molecule has 1 aliphatic heterocycles. The molecule has 0 radical (unpaired) electrons. The third-order valence-electron chi connectivity index (χ3n) is 5.52. The lowest BCUT2D eigenvalue weighted by atomic mass is 9.91. The minimum atomic E-state index is -0.189. The molecule has 1 saturated heterocycles. The lowest BCUT2D eigenvalue weighted by Gasteiger charge is -2.31. The highest BCUT2D eigenvalue weighted by Crippen LogP contribution is 2.34. The molecule has 5 heteroatoms. The van der Waals surface area contributed by atoms with Gasteiger partial charge < -0.3 is 10.1 Å². The van der Waals surface area contributed by atoms with E-state index < -0.39 is 0 Å². The Kier molecular flexibility index (Phi) is 6.89. The van der Waals surface area contributed by atoms with Gasteiger partial charge in [-0.25, -0.2) is 0 Å². The van der Waals surface area contributed by atoms with Crippen molar-refractivity contribution in [2.24, 2.45) is 5.92 Å². The Labute approximate surface area is 157 Å². The van der Waals surface area contributed by atoms with Crippen molar-refractivity contribution in [2.45, 2.75) is 77.4 Å². The van der Waals surface area contributed by atoms with Gasteiger partial charge in [-0.2, -0.15) is 5.10 Å². The zero-order chi connectivity index (χ0) is 18.4. The summed E-state index contributed by atoms with van der Waals surface area (Å²) in [6.45, 7) is 5.66. The number of nitrogens with one attached hydrogen (secondary N) is 1. The lowest BCUT2D eigenvalue weighted by molar-refractivity contribution is -0.135. The first-order chi connectivity index (χ1) is 12.7. The molecule has 26 heavy (non-hydrogen) atoms. The fraction of sp³-hybridized carbons (Fsp3) is 0.714. The monoisotopic (exact) mass is 359 g/mol. The molecule has 0 bridgehead atoms. The second kappa shape index (κ2) is 9.36. The van der Waals surface area contributed by atoms with Crippen LogP contribution < -0.4 is 5.32 Å². The number of allylic oxidation sites excluding steroid dienone is 1. The normalized spacial score (nSPS) is 24.2. The highest BCUT2D eigenvalue weighted by atomic mass is 16.5. The molecule has 1 fully saturated rings. The number of hydrogen-bond donors (Lipinski definition) is 1. The number of aromatic nitrogens is 2. The Bertz CT molecular complexity index is 621. The SMILES string of the molecule is CC(C)n1nccc1[C@@H]1OCCC[C@H]1C(=O)NCCC1=CCCCCC1. The fourth-order valence-electron chi connectivity index (χ4n) is 4.11. The quantitative estimate of drug-likeness (QED) is 0.769. The van der Waals surface area contributed by atoms with Gasteiger partial charge in [0, 0.05) is 25.4 Å². The van der Waals surface area contributed by atoms with Crippen LogP contribution >= 0.6 is 0 Å². The number of ether oxygens (including phenoxy) is 1. The fourth-order valence-corrected chi connectivity index (χ4v) is 4.11. The van der Waals surface area contributed by atoms with E-state index in [1.54, 1.807) is 6.20 Å². The van der Waals surface area contributed by atoms with Crippen LogP contribution in [0.4, 0.5) is 0 Å². The van der Waals surface area contributed by atoms with Crippen LogP contribution in [0.25, 0.3) is 0 Å². The summed E-state index contributed by atoms with van der Waals surface area (Å²) >= 11 is 0. The number of carbonyl (C=O) groups excluding carboxylic acids is 1. The molecule has 2 heterocycles. The summed E-state index contributed by atoms with van der Waals surface area (Å²) in [7, 11) is 0. The van der Waals surface area contributed by atoms with E-state index in [1.807, 2.05) is 10.7 Å². The van der Waals surface area contributed by atoms with Crippen LogP contribution in [0.15, 0.2) is 23.9 Å². The first-order valence-electron chi connectivity index (χ1n) is 10.3. The maximum Gasteiger partial charge on any atom is 0.226 e. The van der Waals surface area contributed by atoms with Crippen molar-refractivity contribution < 1.29 is 9.53 Å². The Balaban J connectivity index is 1.59. The minimum Gasteiger partial charge on any atom is -0.371 e. The Hall–Kier alpha value is -1.62. The van der Waals surface area contributed by atoms with E-state index in [-0.39, 0.29) is 24.0 Å². The molecule has 0 spiro atoms. The van der Waals surface area contributed by atoms with Gasteiger partial charge in [-0.1, -0.05) is 18.1 Å². The molecule has 1 aromatic heterocycles. The van der Waals surface area contributed by atoms with E-state index in [9.17, 15) is 4.79 Å². The second-order valence-corrected chi connectivity index (χ2v) is 7.84. The largest absolute Gasteiger partial charge is 0.371 e. The van der Waals surface area contributed by atoms with Crippen LogP contribution in [0.1, 0.15) is 83.1 Å². The Morgan fingerprint density at radius 3 is 3.08 bits per heavy atom. The van der Waals surface area contributed by atoms with Gasteiger partial charge in [-0.15, -0.1) is 0 Å². The predicted molar refractivity (Wildman–Crippen MR) is 103 cm³/mol. The molecule has 1 aromatic rings. The molecule has 0 unspecified atom stereocenters. The van der Waals surface area contributed by atoms with Crippen molar-refractivity contribution in [1.29, 1.82) is 0 Å². The summed E-state index contributed by atoms with van der Waals surface area (Å²) in [6, 6.07) is 2.25. The zero-order valence-corrected chi connectivity index (χ0v) is 16.2. The van der Waals surface area contributed by atoms with Gasteiger partial charge in [0.15, 0.2) is 0 Å². The molecule has 0 saturated carbocycles. The molecular weight excluding hydrogens is 326 g/mol. The van der Waals surface area contributed by atoms with Crippen LogP contribution in [-0.4, -0.2) is 28.8 Å². The van der Waals surface area contributed by atoms with Crippen molar-refractivity contribution in [3.05, 3.63) is 29.6 Å². The van der Waals surface area contributed by atoms with Gasteiger partial charge in [0.05, 0.1) is 11.6 Å². The van der Waals surface area contributed by atoms with Crippen LogP contribution in [0.3, 0.4) is 0 Å². The van der Waals surface area contributed by atoms with E-state index in [2.05, 4.69) is 30.3 Å². The first-order valence-corrected chi connectivity index (χ1v) is 10.3. The molecule has 1 N–H and O–H groups in total. The van der Waals surface area contributed by atoms with Crippen molar-refractivity contribution >= 4 is 5.91 Å². The molecule has 3 rings (SSSR count). The third kappa shape index (κ3) is 4.76. The number of nitrogens with zero attached hydrogens (tertiary/aromatic N) is 2. The standard InChI is InChI=1S/C21H33N3O2/c1-16(2)24-19(12-14-23-24)20-18(10-7-15-26-20)21(25)22-13-11-17-8-5-3-4-6-9-17/h8,12,14,16,18,20H,3-7,9-11,13,15H2,1-2H3,(H,22,25)/t18-,20-/m1/s1. The smallest absolute Gasteiger partial charge is 0.226 e. The Morgan fingerprint density at radius 2 is 2.23 bits per heavy atom. The topological polar surface area (TPSA) is 56.2 Å². The molecule has 0 aromatic carbocycles. The molecule has 144 valence electrons. The number of amides is 1. The summed E-state index contributed by atoms with van der Waals surface area (Å²) in [5, 5.41) is 7.59. The maximum absolute atomic E-state index is 12.9. The van der Waals surface area contributed by atoms with Gasteiger partial charge in [0.2, 0.25) is 5.91 Å².